The molecule has 0 fully saturated rings. The molecule has 0 aliphatic rings. The summed E-state index contributed by atoms with van der Waals surface area (Å²) in [7, 11) is 0. The summed E-state index contributed by atoms with van der Waals surface area (Å²) in [6.45, 7) is 0. The number of nitrogen functional groups attached to an aromatic ring is 1. The molecule has 1 aromatic carbocycles. The van der Waals surface area contributed by atoms with Gasteiger partial charge in [-0.25, -0.2) is 8.78 Å². The van der Waals surface area contributed by atoms with Crippen LogP contribution in [0.5, 0.6) is 5.75 Å². The first-order valence-corrected chi connectivity index (χ1v) is 4.53. The quantitative estimate of drug-likeness (QED) is 0.771. The molecule has 0 amide bonds. The van der Waals surface area contributed by atoms with Crippen molar-refractivity contribution in [1.29, 1.82) is 0 Å². The lowest BCUT2D eigenvalue weighted by Gasteiger charge is -2.06. The van der Waals surface area contributed by atoms with Crippen molar-refractivity contribution in [3.8, 4) is 11.4 Å². The molecule has 0 spiro atoms. The number of hydrogen-bond acceptors (Lipinski definition) is 4. The summed E-state index contributed by atoms with van der Waals surface area (Å²) in [5.74, 6) is -2.54. The Hall–Kier alpha value is -2.44. The highest BCUT2D eigenvalue weighted by molar-refractivity contribution is 5.44. The monoisotopic (exact) mass is 239 g/mol. The van der Waals surface area contributed by atoms with E-state index in [-0.39, 0.29) is 11.5 Å². The highest BCUT2D eigenvalue weighted by atomic mass is 19.1. The van der Waals surface area contributed by atoms with Gasteiger partial charge in [0.15, 0.2) is 17.4 Å². The van der Waals surface area contributed by atoms with E-state index in [1.54, 1.807) is 0 Å². The van der Waals surface area contributed by atoms with Crippen LogP contribution in [0, 0.1) is 11.6 Å². The Labute approximate surface area is 93.7 Å². The van der Waals surface area contributed by atoms with Gasteiger partial charge in [-0.3, -0.25) is 4.79 Å². The van der Waals surface area contributed by atoms with Crippen LogP contribution in [0.2, 0.25) is 0 Å². The Morgan fingerprint density at radius 3 is 2.65 bits per heavy atom. The van der Waals surface area contributed by atoms with Crippen molar-refractivity contribution >= 4 is 5.82 Å². The highest BCUT2D eigenvalue weighted by Crippen LogP contribution is 2.16. The molecule has 0 aliphatic carbocycles. The van der Waals surface area contributed by atoms with Crippen LogP contribution in [0.4, 0.5) is 14.6 Å². The van der Waals surface area contributed by atoms with Crippen molar-refractivity contribution < 1.29 is 13.9 Å². The Morgan fingerprint density at radius 2 is 2.00 bits per heavy atom. The maximum Gasteiger partial charge on any atom is 0.275 e. The second-order valence-corrected chi connectivity index (χ2v) is 3.26. The molecule has 0 radical (unpaired) electrons. The van der Waals surface area contributed by atoms with Gasteiger partial charge in [-0.05, 0) is 12.1 Å². The van der Waals surface area contributed by atoms with E-state index < -0.39 is 22.9 Å². The lowest BCUT2D eigenvalue weighted by Crippen LogP contribution is -2.22. The van der Waals surface area contributed by atoms with Crippen molar-refractivity contribution in [3.63, 3.8) is 0 Å². The summed E-state index contributed by atoms with van der Waals surface area (Å²) in [4.78, 5) is 11.5. The number of halogens is 2. The first kappa shape index (κ1) is 11.1. The summed E-state index contributed by atoms with van der Waals surface area (Å²) in [5, 5.41) is 12.6. The molecule has 0 bridgehead atoms. The number of nitrogens with two attached hydrogens (primary N) is 1. The van der Waals surface area contributed by atoms with Crippen LogP contribution in [0.15, 0.2) is 29.1 Å². The van der Waals surface area contributed by atoms with Gasteiger partial charge in [0.25, 0.3) is 5.56 Å². The smallest absolute Gasteiger partial charge is 0.275 e. The zero-order chi connectivity index (χ0) is 12.6. The molecule has 0 atom stereocenters. The fourth-order valence-corrected chi connectivity index (χ4v) is 1.29. The predicted molar refractivity (Wildman–Crippen MR) is 55.8 cm³/mol. The summed E-state index contributed by atoms with van der Waals surface area (Å²) in [6, 6.07) is 3.45. The van der Waals surface area contributed by atoms with Crippen molar-refractivity contribution in [2.75, 3.05) is 5.73 Å². The minimum absolute atomic E-state index is 0.247. The van der Waals surface area contributed by atoms with Gasteiger partial charge in [0, 0.05) is 6.07 Å². The van der Waals surface area contributed by atoms with Crippen molar-refractivity contribution in [2.45, 2.75) is 0 Å². The summed E-state index contributed by atoms with van der Waals surface area (Å²) in [6.07, 6.45) is 0. The molecule has 2 aromatic rings. The van der Waals surface area contributed by atoms with Crippen molar-refractivity contribution in [3.05, 3.63) is 46.3 Å². The number of rotatable bonds is 1. The standard InChI is InChI=1S/C10H7F2N3O2/c11-5-1-2-7(6(12)3-5)15-9(17)4-8(16)10(13)14-15/h1-4,16H,(H2,13,14). The van der Waals surface area contributed by atoms with Crippen molar-refractivity contribution in [2.24, 2.45) is 0 Å². The van der Waals surface area contributed by atoms with E-state index in [0.717, 1.165) is 18.2 Å². The van der Waals surface area contributed by atoms with Crippen LogP contribution in [-0.2, 0) is 0 Å². The van der Waals surface area contributed by atoms with E-state index in [9.17, 15) is 13.6 Å². The van der Waals surface area contributed by atoms with E-state index in [0.29, 0.717) is 10.7 Å². The van der Waals surface area contributed by atoms with Gasteiger partial charge in [0.1, 0.15) is 11.5 Å². The molecule has 2 rings (SSSR count). The molecule has 3 N–H and O–H groups in total. The van der Waals surface area contributed by atoms with E-state index >= 15 is 0 Å². The lowest BCUT2D eigenvalue weighted by atomic mass is 10.3. The molecule has 1 aromatic heterocycles. The van der Waals surface area contributed by atoms with Gasteiger partial charge in [-0.1, -0.05) is 0 Å². The number of hydrogen-bond donors (Lipinski definition) is 2. The molecular formula is C10H7F2N3O2. The molecule has 0 saturated heterocycles. The Bertz CT molecular complexity index is 640. The van der Waals surface area contributed by atoms with Gasteiger partial charge >= 0.3 is 0 Å². The van der Waals surface area contributed by atoms with Gasteiger partial charge in [0.05, 0.1) is 6.07 Å². The topological polar surface area (TPSA) is 81.1 Å². The Kier molecular flexibility index (Phi) is 2.51. The van der Waals surface area contributed by atoms with E-state index in [4.69, 9.17) is 10.8 Å². The van der Waals surface area contributed by atoms with Crippen LogP contribution < -0.4 is 11.3 Å². The maximum atomic E-state index is 13.4. The molecule has 88 valence electrons. The average Bonchev–Trinajstić information content (AvgIpc) is 2.24. The fraction of sp³-hybridized carbons (Fsp3) is 0. The van der Waals surface area contributed by atoms with Crippen molar-refractivity contribution in [1.82, 2.24) is 9.78 Å². The van der Waals surface area contributed by atoms with Gasteiger partial charge in [0.2, 0.25) is 0 Å². The second-order valence-electron chi connectivity index (χ2n) is 3.26. The maximum absolute atomic E-state index is 13.4. The predicted octanol–water partition coefficient (Wildman–Crippen LogP) is 0.798. The normalized spacial score (nSPS) is 10.5. The lowest BCUT2D eigenvalue weighted by molar-refractivity contribution is 0.470. The number of benzene rings is 1. The Morgan fingerprint density at radius 1 is 1.29 bits per heavy atom. The van der Waals surface area contributed by atoms with Crippen LogP contribution >= 0.6 is 0 Å². The Balaban J connectivity index is 2.69. The molecular weight excluding hydrogens is 232 g/mol. The SMILES string of the molecule is Nc1nn(-c2ccc(F)cc2F)c(=O)cc1O. The van der Waals surface area contributed by atoms with Crippen LogP contribution in [0.1, 0.15) is 0 Å². The molecule has 17 heavy (non-hydrogen) atoms. The van der Waals surface area contributed by atoms with Crippen LogP contribution in [0.3, 0.4) is 0 Å². The van der Waals surface area contributed by atoms with Gasteiger partial charge in [-0.15, -0.1) is 5.10 Å². The third-order valence-electron chi connectivity index (χ3n) is 2.08. The zero-order valence-corrected chi connectivity index (χ0v) is 8.39. The number of nitrogens with zero attached hydrogens (tertiary/aromatic N) is 2. The summed E-state index contributed by atoms with van der Waals surface area (Å²) < 4.78 is 26.7. The second kappa shape index (κ2) is 3.85. The largest absolute Gasteiger partial charge is 0.504 e. The molecule has 0 aliphatic heterocycles. The third-order valence-corrected chi connectivity index (χ3v) is 2.08. The van der Waals surface area contributed by atoms with E-state index in [1.807, 2.05) is 0 Å². The summed E-state index contributed by atoms with van der Waals surface area (Å²) in [5.41, 5.74) is 4.27. The van der Waals surface area contributed by atoms with E-state index in [1.165, 1.54) is 0 Å². The average molecular weight is 239 g/mol. The van der Waals surface area contributed by atoms with E-state index in [2.05, 4.69) is 5.10 Å². The minimum Gasteiger partial charge on any atom is -0.504 e. The van der Waals surface area contributed by atoms with Crippen LogP contribution in [-0.4, -0.2) is 14.9 Å². The molecule has 0 saturated carbocycles. The number of aromatic hydroxyl groups is 1. The molecule has 1 heterocycles. The van der Waals surface area contributed by atoms with Gasteiger partial charge in [-0.2, -0.15) is 4.68 Å². The van der Waals surface area contributed by atoms with Crippen LogP contribution in [0.25, 0.3) is 5.69 Å². The molecule has 7 heteroatoms. The number of anilines is 1. The molecule has 5 nitrogen and oxygen atoms in total. The minimum atomic E-state index is -0.954. The number of aromatic nitrogens is 2. The first-order chi connectivity index (χ1) is 7.99. The fourth-order valence-electron chi connectivity index (χ4n) is 1.29. The van der Waals surface area contributed by atoms with Gasteiger partial charge < -0.3 is 10.8 Å². The molecule has 0 unspecified atom stereocenters. The third kappa shape index (κ3) is 1.94. The highest BCUT2D eigenvalue weighted by Gasteiger charge is 2.11. The summed E-state index contributed by atoms with van der Waals surface area (Å²) >= 11 is 0. The zero-order valence-electron chi connectivity index (χ0n) is 8.39. The first-order valence-electron chi connectivity index (χ1n) is 4.53.